The molecule has 1 atom stereocenters. The van der Waals surface area contributed by atoms with E-state index in [2.05, 4.69) is 0 Å². The van der Waals surface area contributed by atoms with Crippen LogP contribution in [0.4, 0.5) is 0 Å². The van der Waals surface area contributed by atoms with Crippen LogP contribution in [-0.4, -0.2) is 11.0 Å². The molecule has 1 rings (SSSR count). The molecule has 0 aliphatic heterocycles. The summed E-state index contributed by atoms with van der Waals surface area (Å²) < 4.78 is -0.276. The number of aldehydes is 1. The highest BCUT2D eigenvalue weighted by Gasteiger charge is 2.22. The van der Waals surface area contributed by atoms with Crippen LogP contribution in [-0.2, 0) is 4.79 Å². The molecular formula is C11H14OS. The third-order valence-corrected chi connectivity index (χ3v) is 3.40. The highest BCUT2D eigenvalue weighted by Crippen LogP contribution is 2.33. The van der Waals surface area contributed by atoms with Crippen LogP contribution in [0.1, 0.15) is 20.3 Å². The lowest BCUT2D eigenvalue weighted by atomic mass is 10.1. The normalized spacial score (nSPS) is 14.9. The predicted octanol–water partition coefficient (Wildman–Crippen LogP) is 3.15. The van der Waals surface area contributed by atoms with E-state index >= 15 is 0 Å². The summed E-state index contributed by atoms with van der Waals surface area (Å²) in [6, 6.07) is 10.0. The smallest absolute Gasteiger partial charge is 0.136 e. The van der Waals surface area contributed by atoms with Gasteiger partial charge in [0.1, 0.15) is 6.29 Å². The zero-order valence-electron chi connectivity index (χ0n) is 7.99. The fourth-order valence-electron chi connectivity index (χ4n) is 0.937. The molecular weight excluding hydrogens is 180 g/mol. The Morgan fingerprint density at radius 1 is 1.38 bits per heavy atom. The first-order valence-corrected chi connectivity index (χ1v) is 5.22. The number of carbonyl (C=O) groups excluding carboxylic acids is 1. The van der Waals surface area contributed by atoms with Crippen LogP contribution in [0.3, 0.4) is 0 Å². The maximum atomic E-state index is 10.8. The molecule has 0 saturated heterocycles. The Bertz CT molecular complexity index is 271. The molecule has 1 aromatic rings. The summed E-state index contributed by atoms with van der Waals surface area (Å²) in [5.41, 5.74) is 0. The van der Waals surface area contributed by atoms with Gasteiger partial charge < -0.3 is 4.79 Å². The van der Waals surface area contributed by atoms with Gasteiger partial charge in [-0.25, -0.2) is 0 Å². The molecule has 1 unspecified atom stereocenters. The van der Waals surface area contributed by atoms with Crippen molar-refractivity contribution >= 4 is 18.0 Å². The van der Waals surface area contributed by atoms with Gasteiger partial charge in [0, 0.05) is 4.90 Å². The van der Waals surface area contributed by atoms with Crippen LogP contribution in [0.2, 0.25) is 0 Å². The maximum Gasteiger partial charge on any atom is 0.136 e. The van der Waals surface area contributed by atoms with Crippen molar-refractivity contribution in [3.63, 3.8) is 0 Å². The lowest BCUT2D eigenvalue weighted by Gasteiger charge is -2.19. The standard InChI is InChI=1S/C11H14OS/c1-3-11(2,9-12)13-10-7-5-4-6-8-10/h4-9H,3H2,1-2H3. The third kappa shape index (κ3) is 2.88. The van der Waals surface area contributed by atoms with Crippen molar-refractivity contribution in [1.29, 1.82) is 0 Å². The molecule has 0 amide bonds. The SMILES string of the molecule is CCC(C)(C=O)Sc1ccccc1. The van der Waals surface area contributed by atoms with Gasteiger partial charge in [0.2, 0.25) is 0 Å². The van der Waals surface area contributed by atoms with Crippen molar-refractivity contribution in [3.05, 3.63) is 30.3 Å². The number of benzene rings is 1. The second kappa shape index (κ2) is 4.47. The van der Waals surface area contributed by atoms with Gasteiger partial charge in [0.25, 0.3) is 0 Å². The largest absolute Gasteiger partial charge is 0.302 e. The Morgan fingerprint density at radius 3 is 2.46 bits per heavy atom. The van der Waals surface area contributed by atoms with E-state index in [4.69, 9.17) is 0 Å². The molecule has 1 nitrogen and oxygen atoms in total. The Kier molecular flexibility index (Phi) is 3.55. The highest BCUT2D eigenvalue weighted by atomic mass is 32.2. The van der Waals surface area contributed by atoms with Gasteiger partial charge in [-0.15, -0.1) is 11.8 Å². The van der Waals surface area contributed by atoms with Gasteiger partial charge in [-0.2, -0.15) is 0 Å². The quantitative estimate of drug-likeness (QED) is 0.541. The number of thioether (sulfide) groups is 1. The number of hydrogen-bond donors (Lipinski definition) is 0. The van der Waals surface area contributed by atoms with E-state index in [0.717, 1.165) is 17.6 Å². The van der Waals surface area contributed by atoms with Crippen molar-refractivity contribution in [3.8, 4) is 0 Å². The van der Waals surface area contributed by atoms with E-state index in [1.165, 1.54) is 0 Å². The van der Waals surface area contributed by atoms with Crippen LogP contribution in [0.5, 0.6) is 0 Å². The van der Waals surface area contributed by atoms with E-state index in [9.17, 15) is 4.79 Å². The van der Waals surface area contributed by atoms with E-state index in [1.807, 2.05) is 44.2 Å². The summed E-state index contributed by atoms with van der Waals surface area (Å²) in [5.74, 6) is 0. The molecule has 0 radical (unpaired) electrons. The van der Waals surface area contributed by atoms with Gasteiger partial charge in [-0.1, -0.05) is 25.1 Å². The second-order valence-corrected chi connectivity index (χ2v) is 4.81. The monoisotopic (exact) mass is 194 g/mol. The fraction of sp³-hybridized carbons (Fsp3) is 0.364. The zero-order valence-corrected chi connectivity index (χ0v) is 8.80. The molecule has 0 heterocycles. The highest BCUT2D eigenvalue weighted by molar-refractivity contribution is 8.01. The Balaban J connectivity index is 2.73. The van der Waals surface area contributed by atoms with Gasteiger partial charge >= 0.3 is 0 Å². The molecule has 70 valence electrons. The molecule has 0 saturated carbocycles. The summed E-state index contributed by atoms with van der Waals surface area (Å²) in [5, 5.41) is 0. The second-order valence-electron chi connectivity index (χ2n) is 3.20. The van der Waals surface area contributed by atoms with Crippen molar-refractivity contribution < 1.29 is 4.79 Å². The zero-order chi connectivity index (χ0) is 9.73. The Hall–Kier alpha value is -0.760. The minimum Gasteiger partial charge on any atom is -0.302 e. The van der Waals surface area contributed by atoms with Crippen molar-refractivity contribution in [2.24, 2.45) is 0 Å². The fourth-order valence-corrected chi connectivity index (χ4v) is 1.96. The molecule has 0 N–H and O–H groups in total. The van der Waals surface area contributed by atoms with Crippen molar-refractivity contribution in [1.82, 2.24) is 0 Å². The number of hydrogen-bond acceptors (Lipinski definition) is 2. The van der Waals surface area contributed by atoms with E-state index in [1.54, 1.807) is 11.8 Å². The average Bonchev–Trinajstić information content (AvgIpc) is 2.19. The molecule has 0 bridgehead atoms. The average molecular weight is 194 g/mol. The lowest BCUT2D eigenvalue weighted by molar-refractivity contribution is -0.109. The van der Waals surface area contributed by atoms with Gasteiger partial charge in [-0.3, -0.25) is 0 Å². The van der Waals surface area contributed by atoms with E-state index in [-0.39, 0.29) is 4.75 Å². The summed E-state index contributed by atoms with van der Waals surface area (Å²) in [6.45, 7) is 4.00. The lowest BCUT2D eigenvalue weighted by Crippen LogP contribution is -2.19. The van der Waals surface area contributed by atoms with Crippen molar-refractivity contribution in [2.45, 2.75) is 29.9 Å². The molecule has 0 aliphatic rings. The Morgan fingerprint density at radius 2 is 2.00 bits per heavy atom. The first-order chi connectivity index (χ1) is 6.20. The van der Waals surface area contributed by atoms with Crippen LogP contribution in [0, 0.1) is 0 Å². The van der Waals surface area contributed by atoms with Crippen LogP contribution in [0.25, 0.3) is 0 Å². The molecule has 0 spiro atoms. The summed E-state index contributed by atoms with van der Waals surface area (Å²) >= 11 is 1.62. The van der Waals surface area contributed by atoms with Crippen molar-refractivity contribution in [2.75, 3.05) is 0 Å². The molecule has 1 aromatic carbocycles. The molecule has 2 heteroatoms. The minimum atomic E-state index is -0.276. The summed E-state index contributed by atoms with van der Waals surface area (Å²) in [7, 11) is 0. The molecule has 0 fully saturated rings. The molecule has 0 aromatic heterocycles. The van der Waals surface area contributed by atoms with Gasteiger partial charge in [-0.05, 0) is 25.5 Å². The Labute approximate surface area is 83.5 Å². The number of carbonyl (C=O) groups is 1. The third-order valence-electron chi connectivity index (χ3n) is 2.05. The van der Waals surface area contributed by atoms with Crippen LogP contribution >= 0.6 is 11.8 Å². The molecule has 0 aliphatic carbocycles. The summed E-state index contributed by atoms with van der Waals surface area (Å²) in [4.78, 5) is 12.0. The van der Waals surface area contributed by atoms with E-state index < -0.39 is 0 Å². The topological polar surface area (TPSA) is 17.1 Å². The minimum absolute atomic E-state index is 0.276. The van der Waals surface area contributed by atoms with E-state index in [0.29, 0.717) is 0 Å². The molecule has 13 heavy (non-hydrogen) atoms. The summed E-state index contributed by atoms with van der Waals surface area (Å²) in [6.07, 6.45) is 1.89. The van der Waals surface area contributed by atoms with Gasteiger partial charge in [0.05, 0.1) is 4.75 Å². The number of rotatable bonds is 4. The maximum absolute atomic E-state index is 10.8. The van der Waals surface area contributed by atoms with Crippen LogP contribution < -0.4 is 0 Å². The first-order valence-electron chi connectivity index (χ1n) is 4.40. The first kappa shape index (κ1) is 10.3. The van der Waals surface area contributed by atoms with Gasteiger partial charge in [0.15, 0.2) is 0 Å². The predicted molar refractivity (Wildman–Crippen MR) is 57.1 cm³/mol. The van der Waals surface area contributed by atoms with Crippen LogP contribution in [0.15, 0.2) is 35.2 Å².